The van der Waals surface area contributed by atoms with Crippen LogP contribution in [0.15, 0.2) is 68.8 Å². The fourth-order valence-corrected chi connectivity index (χ4v) is 3.44. The first kappa shape index (κ1) is 18.7. The van der Waals surface area contributed by atoms with E-state index in [0.717, 1.165) is 10.1 Å². The molecule has 5 rings (SSSR count). The molecule has 1 aliphatic rings. The molecule has 0 saturated heterocycles. The number of fused-ring (bicyclic) bond motifs is 2. The van der Waals surface area contributed by atoms with Crippen LogP contribution in [0.1, 0.15) is 21.7 Å². The number of nitrogens with one attached hydrogen (secondary N) is 2. The Hall–Kier alpha value is -4.27. The lowest BCUT2D eigenvalue weighted by atomic mass is 10.1. The quantitative estimate of drug-likeness (QED) is 0.511. The third-order valence-electron chi connectivity index (χ3n) is 5.03. The third-order valence-corrected chi connectivity index (χ3v) is 5.03. The van der Waals surface area contributed by atoms with Gasteiger partial charge in [0.25, 0.3) is 11.5 Å². The number of benzene rings is 2. The van der Waals surface area contributed by atoms with Crippen molar-refractivity contribution in [3.05, 3.63) is 92.5 Å². The van der Waals surface area contributed by atoms with Gasteiger partial charge < -0.3 is 24.2 Å². The lowest BCUT2D eigenvalue weighted by Gasteiger charge is -2.09. The zero-order chi connectivity index (χ0) is 21.4. The Morgan fingerprint density at radius 1 is 1.06 bits per heavy atom. The highest BCUT2D eigenvalue weighted by atomic mass is 16.7. The van der Waals surface area contributed by atoms with Gasteiger partial charge in [-0.1, -0.05) is 6.07 Å². The Kier molecular flexibility index (Phi) is 4.55. The van der Waals surface area contributed by atoms with Crippen LogP contribution in [0, 0.1) is 0 Å². The molecule has 0 atom stereocenters. The highest BCUT2D eigenvalue weighted by molar-refractivity contribution is 5.97. The number of nitrogens with zero attached hydrogens (tertiary/aromatic N) is 1. The first-order chi connectivity index (χ1) is 15.1. The summed E-state index contributed by atoms with van der Waals surface area (Å²) in [5.41, 5.74) is 0.331. The predicted octanol–water partition coefficient (Wildman–Crippen LogP) is 1.99. The highest BCUT2D eigenvalue weighted by Gasteiger charge is 2.15. The molecule has 0 saturated carbocycles. The van der Waals surface area contributed by atoms with E-state index >= 15 is 0 Å². The van der Waals surface area contributed by atoms with E-state index in [4.69, 9.17) is 13.9 Å². The van der Waals surface area contributed by atoms with Crippen molar-refractivity contribution in [1.29, 1.82) is 0 Å². The smallest absolute Gasteiger partial charge is 0.329 e. The number of carbonyl (C=O) groups is 1. The van der Waals surface area contributed by atoms with Crippen molar-refractivity contribution >= 4 is 16.8 Å². The minimum absolute atomic E-state index is 0.0755. The molecular weight excluding hydrogens is 402 g/mol. The fraction of sp³-hybridized carbons (Fsp3) is 0.136. The van der Waals surface area contributed by atoms with E-state index in [1.165, 1.54) is 18.4 Å². The molecule has 0 unspecified atom stereocenters. The predicted molar refractivity (Wildman–Crippen MR) is 110 cm³/mol. The van der Waals surface area contributed by atoms with Crippen LogP contribution in [0.3, 0.4) is 0 Å². The van der Waals surface area contributed by atoms with Crippen LogP contribution in [0.2, 0.25) is 0 Å². The molecule has 0 bridgehead atoms. The van der Waals surface area contributed by atoms with Crippen LogP contribution in [-0.4, -0.2) is 22.3 Å². The van der Waals surface area contributed by atoms with E-state index in [0.29, 0.717) is 33.7 Å². The molecule has 0 fully saturated rings. The maximum Gasteiger partial charge on any atom is 0.329 e. The van der Waals surface area contributed by atoms with Crippen molar-refractivity contribution in [2.45, 2.75) is 13.1 Å². The number of furan rings is 1. The van der Waals surface area contributed by atoms with E-state index in [1.54, 1.807) is 36.4 Å². The summed E-state index contributed by atoms with van der Waals surface area (Å²) in [5, 5.41) is 3.04. The van der Waals surface area contributed by atoms with Crippen molar-refractivity contribution < 1.29 is 18.7 Å². The SMILES string of the molecule is O=C(NCc1ccco1)c1ccc2c(=O)n(Cc3ccc4c(c3)OCO4)c(=O)[nH]c2c1. The van der Waals surface area contributed by atoms with E-state index < -0.39 is 11.2 Å². The summed E-state index contributed by atoms with van der Waals surface area (Å²) in [6.45, 7) is 0.455. The first-order valence-corrected chi connectivity index (χ1v) is 9.54. The number of rotatable bonds is 5. The van der Waals surface area contributed by atoms with Crippen LogP contribution in [0.25, 0.3) is 10.9 Å². The van der Waals surface area contributed by atoms with Gasteiger partial charge in [-0.2, -0.15) is 0 Å². The Morgan fingerprint density at radius 2 is 1.94 bits per heavy atom. The second kappa shape index (κ2) is 7.52. The van der Waals surface area contributed by atoms with Crippen LogP contribution in [0.4, 0.5) is 0 Å². The number of amides is 1. The van der Waals surface area contributed by atoms with Crippen molar-refractivity contribution in [3.63, 3.8) is 0 Å². The van der Waals surface area contributed by atoms with E-state index in [-0.39, 0.29) is 25.8 Å². The Labute approximate surface area is 174 Å². The number of hydrogen-bond acceptors (Lipinski definition) is 6. The summed E-state index contributed by atoms with van der Waals surface area (Å²) < 4.78 is 16.9. The summed E-state index contributed by atoms with van der Waals surface area (Å²) in [5.74, 6) is 1.48. The lowest BCUT2D eigenvalue weighted by Crippen LogP contribution is -2.35. The molecule has 156 valence electrons. The molecule has 0 spiro atoms. The molecule has 1 aliphatic heterocycles. The maximum atomic E-state index is 12.9. The molecule has 31 heavy (non-hydrogen) atoms. The highest BCUT2D eigenvalue weighted by Crippen LogP contribution is 2.32. The molecule has 9 heteroatoms. The minimum atomic E-state index is -0.566. The Balaban J connectivity index is 1.42. The zero-order valence-corrected chi connectivity index (χ0v) is 16.2. The van der Waals surface area contributed by atoms with Gasteiger partial charge in [0.2, 0.25) is 6.79 Å². The molecule has 3 heterocycles. The van der Waals surface area contributed by atoms with Crippen LogP contribution in [-0.2, 0) is 13.1 Å². The van der Waals surface area contributed by atoms with Gasteiger partial charge in [0, 0.05) is 5.56 Å². The minimum Gasteiger partial charge on any atom is -0.467 e. The standard InChI is InChI=1S/C22H17N3O6/c26-20(23-10-15-2-1-7-29-15)14-4-5-16-17(9-14)24-22(28)25(21(16)27)11-13-3-6-18-19(8-13)31-12-30-18/h1-9H,10-12H2,(H,23,26)(H,24,28). The van der Waals surface area contributed by atoms with Gasteiger partial charge in [0.15, 0.2) is 11.5 Å². The summed E-state index contributed by atoms with van der Waals surface area (Å²) in [7, 11) is 0. The number of H-pyrrole nitrogens is 1. The lowest BCUT2D eigenvalue weighted by molar-refractivity contribution is 0.0948. The van der Waals surface area contributed by atoms with Gasteiger partial charge in [-0.25, -0.2) is 4.79 Å². The number of hydrogen-bond donors (Lipinski definition) is 2. The van der Waals surface area contributed by atoms with Gasteiger partial charge in [0.1, 0.15) is 5.76 Å². The van der Waals surface area contributed by atoms with Crippen molar-refractivity contribution in [2.24, 2.45) is 0 Å². The number of ether oxygens (including phenoxy) is 2. The zero-order valence-electron chi connectivity index (χ0n) is 16.2. The normalized spacial score (nSPS) is 12.3. The summed E-state index contributed by atoms with van der Waals surface area (Å²) in [6, 6.07) is 13.3. The van der Waals surface area contributed by atoms with E-state index in [9.17, 15) is 14.4 Å². The van der Waals surface area contributed by atoms with E-state index in [1.807, 2.05) is 0 Å². The largest absolute Gasteiger partial charge is 0.467 e. The summed E-state index contributed by atoms with van der Waals surface area (Å²) >= 11 is 0. The van der Waals surface area contributed by atoms with Crippen LogP contribution < -0.4 is 26.0 Å². The average molecular weight is 419 g/mol. The van der Waals surface area contributed by atoms with Gasteiger partial charge >= 0.3 is 5.69 Å². The fourth-order valence-electron chi connectivity index (χ4n) is 3.44. The molecular formula is C22H17N3O6. The van der Waals surface area contributed by atoms with Gasteiger partial charge in [0.05, 0.1) is 30.3 Å². The molecule has 1 amide bonds. The number of carbonyl (C=O) groups excluding carboxylic acids is 1. The monoisotopic (exact) mass is 419 g/mol. The molecule has 0 aliphatic carbocycles. The molecule has 2 aromatic carbocycles. The number of aromatic amines is 1. The van der Waals surface area contributed by atoms with Gasteiger partial charge in [-0.05, 0) is 48.0 Å². The van der Waals surface area contributed by atoms with Gasteiger partial charge in [-0.3, -0.25) is 14.2 Å². The van der Waals surface area contributed by atoms with Crippen LogP contribution >= 0.6 is 0 Å². The maximum absolute atomic E-state index is 12.9. The summed E-state index contributed by atoms with van der Waals surface area (Å²) in [4.78, 5) is 40.6. The Bertz CT molecular complexity index is 1400. The number of aromatic nitrogens is 2. The molecule has 4 aromatic rings. The van der Waals surface area contributed by atoms with Gasteiger partial charge in [-0.15, -0.1) is 0 Å². The first-order valence-electron chi connectivity index (χ1n) is 9.54. The molecule has 0 radical (unpaired) electrons. The van der Waals surface area contributed by atoms with Crippen molar-refractivity contribution in [2.75, 3.05) is 6.79 Å². The molecule has 9 nitrogen and oxygen atoms in total. The topological polar surface area (TPSA) is 116 Å². The van der Waals surface area contributed by atoms with Crippen molar-refractivity contribution in [1.82, 2.24) is 14.9 Å². The average Bonchev–Trinajstić information content (AvgIpc) is 3.46. The second-order valence-electron chi connectivity index (χ2n) is 7.03. The third kappa shape index (κ3) is 3.57. The van der Waals surface area contributed by atoms with Crippen molar-refractivity contribution in [3.8, 4) is 11.5 Å². The molecule has 2 N–H and O–H groups in total. The van der Waals surface area contributed by atoms with Crippen LogP contribution in [0.5, 0.6) is 11.5 Å². The van der Waals surface area contributed by atoms with E-state index in [2.05, 4.69) is 10.3 Å². The Morgan fingerprint density at radius 3 is 2.77 bits per heavy atom. The summed E-state index contributed by atoms with van der Waals surface area (Å²) in [6.07, 6.45) is 1.52. The second-order valence-corrected chi connectivity index (χ2v) is 7.03. The molecule has 2 aromatic heterocycles.